The topological polar surface area (TPSA) is 37.4 Å². The largest absolute Gasteiger partial charge is 0.573 e. The van der Waals surface area contributed by atoms with Gasteiger partial charge in [-0.1, -0.05) is 30.3 Å². The number of fused-ring (bicyclic) bond motifs is 1. The van der Waals surface area contributed by atoms with E-state index in [0.29, 0.717) is 5.52 Å². The van der Waals surface area contributed by atoms with Crippen LogP contribution in [0.2, 0.25) is 0 Å². The van der Waals surface area contributed by atoms with Crippen LogP contribution in [0.4, 0.5) is 18.9 Å². The van der Waals surface area contributed by atoms with Gasteiger partial charge in [-0.3, -0.25) is 0 Å². The molecule has 4 nitrogen and oxygen atoms in total. The van der Waals surface area contributed by atoms with Crippen molar-refractivity contribution < 1.29 is 17.9 Å². The van der Waals surface area contributed by atoms with Gasteiger partial charge in [0, 0.05) is 48.9 Å². The molecule has 0 saturated carbocycles. The summed E-state index contributed by atoms with van der Waals surface area (Å²) in [5, 5.41) is 4.12. The fraction of sp³-hybridized carbons (Fsp3) is 0.250. The summed E-state index contributed by atoms with van der Waals surface area (Å²) in [5.74, 6) is -0.265. The number of anilines is 1. The summed E-state index contributed by atoms with van der Waals surface area (Å²) < 4.78 is 41.9. The third-order valence-corrected chi connectivity index (χ3v) is 4.52. The van der Waals surface area contributed by atoms with Crippen molar-refractivity contribution >= 4 is 16.6 Å². The monoisotopic (exact) mass is 373 g/mol. The third kappa shape index (κ3) is 3.98. The molecule has 1 saturated heterocycles. The van der Waals surface area contributed by atoms with E-state index in [0.717, 1.165) is 48.5 Å². The average Bonchev–Trinajstić information content (AvgIpc) is 2.67. The Balaban J connectivity index is 1.85. The molecular weight excluding hydrogens is 355 g/mol. The number of hydrogen-bond donors (Lipinski definition) is 1. The van der Waals surface area contributed by atoms with Gasteiger partial charge in [0.25, 0.3) is 0 Å². The van der Waals surface area contributed by atoms with Gasteiger partial charge >= 0.3 is 6.36 Å². The van der Waals surface area contributed by atoms with Crippen LogP contribution in [0, 0.1) is 0 Å². The van der Waals surface area contributed by atoms with Gasteiger partial charge in [0.2, 0.25) is 0 Å². The Morgan fingerprint density at radius 2 is 1.70 bits per heavy atom. The molecule has 0 amide bonds. The Kier molecular flexibility index (Phi) is 4.61. The molecule has 0 atom stereocenters. The zero-order valence-electron chi connectivity index (χ0n) is 14.5. The molecule has 0 aliphatic carbocycles. The van der Waals surface area contributed by atoms with Gasteiger partial charge in [-0.05, 0) is 18.2 Å². The van der Waals surface area contributed by atoms with Gasteiger partial charge < -0.3 is 15.0 Å². The number of halogens is 3. The molecule has 7 heteroatoms. The summed E-state index contributed by atoms with van der Waals surface area (Å²) in [6, 6.07) is 16.0. The first-order valence-corrected chi connectivity index (χ1v) is 8.71. The maximum absolute atomic E-state index is 12.6. The molecule has 2 aromatic carbocycles. The Bertz CT molecular complexity index is 938. The molecule has 0 unspecified atom stereocenters. The number of piperazine rings is 1. The van der Waals surface area contributed by atoms with Crippen molar-refractivity contribution in [2.75, 3.05) is 31.1 Å². The van der Waals surface area contributed by atoms with Crippen molar-refractivity contribution in [1.82, 2.24) is 10.3 Å². The Morgan fingerprint density at radius 3 is 2.41 bits per heavy atom. The molecule has 2 heterocycles. The Morgan fingerprint density at radius 1 is 0.963 bits per heavy atom. The van der Waals surface area contributed by atoms with Crippen molar-refractivity contribution in [1.29, 1.82) is 0 Å². The summed E-state index contributed by atoms with van der Waals surface area (Å²) in [7, 11) is 0. The molecule has 1 aliphatic rings. The van der Waals surface area contributed by atoms with Crippen LogP contribution in [0.1, 0.15) is 0 Å². The number of rotatable bonds is 3. The average molecular weight is 373 g/mol. The van der Waals surface area contributed by atoms with E-state index in [4.69, 9.17) is 0 Å². The predicted octanol–water partition coefficient (Wildman–Crippen LogP) is 4.21. The molecule has 1 aliphatic heterocycles. The highest BCUT2D eigenvalue weighted by atomic mass is 19.4. The lowest BCUT2D eigenvalue weighted by Gasteiger charge is -2.30. The van der Waals surface area contributed by atoms with Crippen LogP contribution in [-0.4, -0.2) is 37.5 Å². The molecule has 140 valence electrons. The van der Waals surface area contributed by atoms with Crippen LogP contribution < -0.4 is 15.0 Å². The van der Waals surface area contributed by atoms with E-state index < -0.39 is 6.36 Å². The minimum atomic E-state index is -4.73. The lowest BCUT2D eigenvalue weighted by molar-refractivity contribution is -0.274. The van der Waals surface area contributed by atoms with E-state index in [1.54, 1.807) is 6.07 Å². The van der Waals surface area contributed by atoms with Crippen molar-refractivity contribution in [2.45, 2.75) is 6.36 Å². The van der Waals surface area contributed by atoms with Crippen LogP contribution in [-0.2, 0) is 0 Å². The molecule has 0 spiro atoms. The molecule has 0 bridgehead atoms. The van der Waals surface area contributed by atoms with Crippen molar-refractivity contribution in [3.05, 3.63) is 54.6 Å². The van der Waals surface area contributed by atoms with E-state index >= 15 is 0 Å². The number of aromatic nitrogens is 1. The highest BCUT2D eigenvalue weighted by molar-refractivity contribution is 5.95. The summed E-state index contributed by atoms with van der Waals surface area (Å²) in [4.78, 5) is 6.84. The number of hydrogen-bond acceptors (Lipinski definition) is 4. The van der Waals surface area contributed by atoms with Gasteiger partial charge in [-0.2, -0.15) is 0 Å². The zero-order chi connectivity index (χ0) is 18.9. The van der Waals surface area contributed by atoms with Gasteiger partial charge in [0.05, 0.1) is 11.2 Å². The van der Waals surface area contributed by atoms with E-state index in [9.17, 15) is 13.2 Å². The molecule has 3 aromatic rings. The maximum atomic E-state index is 12.6. The van der Waals surface area contributed by atoms with Gasteiger partial charge in [-0.15, -0.1) is 13.2 Å². The number of benzene rings is 2. The second kappa shape index (κ2) is 7.08. The van der Waals surface area contributed by atoms with Crippen LogP contribution in [0.25, 0.3) is 22.2 Å². The van der Waals surface area contributed by atoms with Crippen molar-refractivity contribution in [2.24, 2.45) is 0 Å². The summed E-state index contributed by atoms with van der Waals surface area (Å²) in [6.45, 7) is 3.38. The second-order valence-electron chi connectivity index (χ2n) is 6.36. The molecule has 1 N–H and O–H groups in total. The molecular formula is C20H18F3N3O. The van der Waals surface area contributed by atoms with Gasteiger partial charge in [0.1, 0.15) is 5.75 Å². The number of pyridine rings is 1. The minimum absolute atomic E-state index is 0.265. The first-order chi connectivity index (χ1) is 13.0. The summed E-state index contributed by atoms with van der Waals surface area (Å²) >= 11 is 0. The van der Waals surface area contributed by atoms with Crippen LogP contribution in [0.3, 0.4) is 0 Å². The van der Waals surface area contributed by atoms with Gasteiger partial charge in [-0.25, -0.2) is 4.98 Å². The van der Waals surface area contributed by atoms with Crippen LogP contribution >= 0.6 is 0 Å². The summed E-state index contributed by atoms with van der Waals surface area (Å²) in [6.07, 6.45) is -4.73. The molecule has 0 radical (unpaired) electrons. The lowest BCUT2D eigenvalue weighted by atomic mass is 10.1. The number of nitrogens with zero attached hydrogens (tertiary/aromatic N) is 2. The molecule has 1 aromatic heterocycles. The normalized spacial score (nSPS) is 15.1. The maximum Gasteiger partial charge on any atom is 0.573 e. The first kappa shape index (κ1) is 17.6. The van der Waals surface area contributed by atoms with Crippen LogP contribution in [0.15, 0.2) is 54.6 Å². The fourth-order valence-corrected chi connectivity index (χ4v) is 3.31. The fourth-order valence-electron chi connectivity index (χ4n) is 3.31. The van der Waals surface area contributed by atoms with E-state index in [-0.39, 0.29) is 5.75 Å². The highest BCUT2D eigenvalue weighted by Crippen LogP contribution is 2.34. The number of nitrogens with one attached hydrogen (secondary N) is 1. The number of alkyl halides is 3. The SMILES string of the molecule is FC(F)(F)Oc1ccc2c(N3CCNCC3)cc(-c3ccccc3)nc2c1. The van der Waals surface area contributed by atoms with E-state index in [1.807, 2.05) is 36.4 Å². The molecule has 4 rings (SSSR count). The predicted molar refractivity (Wildman–Crippen MR) is 98.9 cm³/mol. The third-order valence-electron chi connectivity index (χ3n) is 4.52. The second-order valence-corrected chi connectivity index (χ2v) is 6.36. The highest BCUT2D eigenvalue weighted by Gasteiger charge is 2.31. The quantitative estimate of drug-likeness (QED) is 0.746. The Labute approximate surface area is 154 Å². The molecule has 1 fully saturated rings. The zero-order valence-corrected chi connectivity index (χ0v) is 14.5. The Hall–Kier alpha value is -2.80. The smallest absolute Gasteiger partial charge is 0.406 e. The van der Waals surface area contributed by atoms with Crippen molar-refractivity contribution in [3.8, 4) is 17.0 Å². The summed E-state index contributed by atoms with van der Waals surface area (Å²) in [5.41, 5.74) is 3.09. The van der Waals surface area contributed by atoms with Crippen molar-refractivity contribution in [3.63, 3.8) is 0 Å². The first-order valence-electron chi connectivity index (χ1n) is 8.71. The molecule has 27 heavy (non-hydrogen) atoms. The lowest BCUT2D eigenvalue weighted by Crippen LogP contribution is -2.43. The van der Waals surface area contributed by atoms with E-state index in [2.05, 4.69) is 19.9 Å². The minimum Gasteiger partial charge on any atom is -0.406 e. The van der Waals surface area contributed by atoms with Crippen LogP contribution in [0.5, 0.6) is 5.75 Å². The van der Waals surface area contributed by atoms with Gasteiger partial charge in [0.15, 0.2) is 0 Å². The standard InChI is InChI=1S/C20H18F3N3O/c21-20(22,23)27-15-6-7-16-18(12-15)25-17(14-4-2-1-3-5-14)13-19(16)26-10-8-24-9-11-26/h1-7,12-13,24H,8-11H2. The number of ether oxygens (including phenoxy) is 1. The van der Waals surface area contributed by atoms with E-state index in [1.165, 1.54) is 12.1 Å².